The molecule has 27 heavy (non-hydrogen) atoms. The summed E-state index contributed by atoms with van der Waals surface area (Å²) in [6.07, 6.45) is -3.73. The third kappa shape index (κ3) is 2.79. The number of hydrogen-bond donors (Lipinski definition) is 0. The van der Waals surface area contributed by atoms with E-state index in [1.54, 1.807) is 24.3 Å². The van der Waals surface area contributed by atoms with Gasteiger partial charge in [0.2, 0.25) is 0 Å². The largest absolute Gasteiger partial charge is 0.456 e. The minimum atomic E-state index is -1.10. The number of amides is 2. The maximum absolute atomic E-state index is 12.9. The first-order valence-electron chi connectivity index (χ1n) is 8.47. The van der Waals surface area contributed by atoms with Crippen LogP contribution in [0.25, 0.3) is 0 Å². The van der Waals surface area contributed by atoms with Gasteiger partial charge in [0.25, 0.3) is 11.8 Å². The molecular weight excluding hydrogens is 358 g/mol. The molecule has 0 saturated carbocycles. The topological polar surface area (TPSA) is 108 Å². The summed E-state index contributed by atoms with van der Waals surface area (Å²) in [5, 5.41) is 0. The Balaban J connectivity index is 1.75. The van der Waals surface area contributed by atoms with E-state index >= 15 is 0 Å². The summed E-state index contributed by atoms with van der Waals surface area (Å²) in [5.41, 5.74) is 0.487. The van der Waals surface area contributed by atoms with Crippen molar-refractivity contribution in [1.82, 2.24) is 4.90 Å². The van der Waals surface area contributed by atoms with Crippen LogP contribution in [0.3, 0.4) is 0 Å². The maximum atomic E-state index is 12.9. The number of hydrogen-bond acceptors (Lipinski definition) is 8. The molecule has 142 valence electrons. The SMILES string of the molecule is CC(=O)O[C@H]1[C@H](OC(C)=O)[C@H]2CO[C@H](O2)[C@@H]1N1C(=O)c2ccccc2C1=O. The van der Waals surface area contributed by atoms with Gasteiger partial charge in [-0.2, -0.15) is 0 Å². The highest BCUT2D eigenvalue weighted by Crippen LogP contribution is 2.38. The molecule has 4 rings (SSSR count). The lowest BCUT2D eigenvalue weighted by atomic mass is 9.96. The fourth-order valence-corrected chi connectivity index (χ4v) is 3.76. The zero-order valence-corrected chi connectivity index (χ0v) is 14.6. The van der Waals surface area contributed by atoms with Crippen LogP contribution in [0.1, 0.15) is 34.6 Å². The number of benzene rings is 1. The van der Waals surface area contributed by atoms with Crippen LogP contribution in [0.4, 0.5) is 0 Å². The summed E-state index contributed by atoms with van der Waals surface area (Å²) >= 11 is 0. The lowest BCUT2D eigenvalue weighted by molar-refractivity contribution is -0.221. The van der Waals surface area contributed by atoms with Gasteiger partial charge in [-0.25, -0.2) is 0 Å². The van der Waals surface area contributed by atoms with E-state index in [2.05, 4.69) is 0 Å². The summed E-state index contributed by atoms with van der Waals surface area (Å²) in [7, 11) is 0. The molecule has 2 fully saturated rings. The summed E-state index contributed by atoms with van der Waals surface area (Å²) in [6, 6.07) is 5.31. The molecule has 0 N–H and O–H groups in total. The summed E-state index contributed by atoms with van der Waals surface area (Å²) < 4.78 is 22.0. The molecule has 9 heteroatoms. The highest BCUT2D eigenvalue weighted by Gasteiger charge is 2.59. The second-order valence-corrected chi connectivity index (χ2v) is 6.54. The Kier molecular flexibility index (Phi) is 4.20. The van der Waals surface area contributed by atoms with Crippen LogP contribution in [0.5, 0.6) is 0 Å². The van der Waals surface area contributed by atoms with Gasteiger partial charge in [-0.15, -0.1) is 0 Å². The van der Waals surface area contributed by atoms with Gasteiger partial charge in [0.15, 0.2) is 18.5 Å². The molecule has 0 unspecified atom stereocenters. The van der Waals surface area contributed by atoms with Gasteiger partial charge in [-0.1, -0.05) is 12.1 Å². The first kappa shape index (κ1) is 17.6. The van der Waals surface area contributed by atoms with Gasteiger partial charge in [0.05, 0.1) is 17.7 Å². The van der Waals surface area contributed by atoms with Crippen LogP contribution < -0.4 is 0 Å². The summed E-state index contributed by atoms with van der Waals surface area (Å²) in [4.78, 5) is 50.0. The smallest absolute Gasteiger partial charge is 0.303 e. The van der Waals surface area contributed by atoms with Crippen molar-refractivity contribution in [3.8, 4) is 0 Å². The van der Waals surface area contributed by atoms with Gasteiger partial charge in [0, 0.05) is 13.8 Å². The van der Waals surface area contributed by atoms with Crippen molar-refractivity contribution < 1.29 is 38.1 Å². The van der Waals surface area contributed by atoms with E-state index in [1.807, 2.05) is 0 Å². The standard InChI is InChI=1S/C18H17NO8/c1-8(20)25-14-12-7-24-18(27-12)13(15(14)26-9(2)21)19-16(22)10-5-3-4-6-11(10)17(19)23/h3-6,12-15,18H,7H2,1-2H3/t12-,13-,14-,15-,18-/m1/s1. The highest BCUT2D eigenvalue weighted by molar-refractivity contribution is 6.21. The van der Waals surface area contributed by atoms with E-state index in [-0.39, 0.29) is 17.7 Å². The van der Waals surface area contributed by atoms with E-state index in [0.29, 0.717) is 0 Å². The van der Waals surface area contributed by atoms with Crippen LogP contribution in [0, 0.1) is 0 Å². The molecule has 2 bridgehead atoms. The quantitative estimate of drug-likeness (QED) is 0.547. The predicted octanol–water partition coefficient (Wildman–Crippen LogP) is 0.270. The lowest BCUT2D eigenvalue weighted by Gasteiger charge is -2.42. The van der Waals surface area contributed by atoms with E-state index in [4.69, 9.17) is 18.9 Å². The average molecular weight is 375 g/mol. The van der Waals surface area contributed by atoms with Crippen LogP contribution in [0.15, 0.2) is 24.3 Å². The van der Waals surface area contributed by atoms with Crippen molar-refractivity contribution in [1.29, 1.82) is 0 Å². The molecule has 0 spiro atoms. The molecule has 0 aliphatic carbocycles. The summed E-state index contributed by atoms with van der Waals surface area (Å²) in [5.74, 6) is -2.33. The van der Waals surface area contributed by atoms with E-state index in [9.17, 15) is 19.2 Å². The van der Waals surface area contributed by atoms with Gasteiger partial charge in [0.1, 0.15) is 12.1 Å². The zero-order valence-electron chi connectivity index (χ0n) is 14.6. The third-order valence-corrected chi connectivity index (χ3v) is 4.77. The van der Waals surface area contributed by atoms with Crippen LogP contribution in [0.2, 0.25) is 0 Å². The number of ether oxygens (including phenoxy) is 4. The number of rotatable bonds is 3. The van der Waals surface area contributed by atoms with Crippen molar-refractivity contribution in [3.63, 3.8) is 0 Å². The number of esters is 2. The second kappa shape index (κ2) is 6.43. The Labute approximate surface area is 154 Å². The van der Waals surface area contributed by atoms with Crippen molar-refractivity contribution in [2.45, 2.75) is 44.5 Å². The number of imide groups is 1. The van der Waals surface area contributed by atoms with Gasteiger partial charge >= 0.3 is 11.9 Å². The second-order valence-electron chi connectivity index (χ2n) is 6.54. The normalized spacial score (nSPS) is 31.6. The molecule has 2 saturated heterocycles. The highest BCUT2D eigenvalue weighted by atomic mass is 16.7. The zero-order chi connectivity index (χ0) is 19.3. The minimum Gasteiger partial charge on any atom is -0.456 e. The maximum Gasteiger partial charge on any atom is 0.303 e. The molecule has 1 aromatic carbocycles. The van der Waals surface area contributed by atoms with Crippen LogP contribution >= 0.6 is 0 Å². The van der Waals surface area contributed by atoms with Gasteiger partial charge in [-0.3, -0.25) is 24.1 Å². The summed E-state index contributed by atoms with van der Waals surface area (Å²) in [6.45, 7) is 2.49. The Hall–Kier alpha value is -2.78. The Bertz CT molecular complexity index is 801. The molecular formula is C18H17NO8. The Morgan fingerprint density at radius 3 is 2.11 bits per heavy atom. The molecule has 3 aliphatic rings. The van der Waals surface area contributed by atoms with Crippen molar-refractivity contribution in [2.24, 2.45) is 0 Å². The van der Waals surface area contributed by atoms with Crippen molar-refractivity contribution >= 4 is 23.8 Å². The fourth-order valence-electron chi connectivity index (χ4n) is 3.76. The van der Waals surface area contributed by atoms with Crippen LogP contribution in [-0.2, 0) is 28.5 Å². The molecule has 0 radical (unpaired) electrons. The van der Waals surface area contributed by atoms with Gasteiger partial charge < -0.3 is 18.9 Å². The number of nitrogens with zero attached hydrogens (tertiary/aromatic N) is 1. The Morgan fingerprint density at radius 2 is 1.56 bits per heavy atom. The molecule has 9 nitrogen and oxygen atoms in total. The molecule has 5 atom stereocenters. The number of carbonyl (C=O) groups is 4. The molecule has 1 aromatic rings. The first-order chi connectivity index (χ1) is 12.9. The first-order valence-corrected chi connectivity index (χ1v) is 8.47. The average Bonchev–Trinajstić information content (AvgIpc) is 3.15. The third-order valence-electron chi connectivity index (χ3n) is 4.77. The van der Waals surface area contributed by atoms with E-state index in [1.165, 1.54) is 13.8 Å². The molecule has 3 heterocycles. The predicted molar refractivity (Wildman–Crippen MR) is 86.5 cm³/mol. The van der Waals surface area contributed by atoms with E-state index < -0.39 is 54.4 Å². The van der Waals surface area contributed by atoms with Crippen molar-refractivity contribution in [3.05, 3.63) is 35.4 Å². The Morgan fingerprint density at radius 1 is 1.00 bits per heavy atom. The van der Waals surface area contributed by atoms with E-state index in [0.717, 1.165) is 4.90 Å². The van der Waals surface area contributed by atoms with Gasteiger partial charge in [-0.05, 0) is 12.1 Å². The monoisotopic (exact) mass is 375 g/mol. The number of fused-ring (bicyclic) bond motifs is 3. The molecule has 0 aromatic heterocycles. The van der Waals surface area contributed by atoms with Crippen LogP contribution in [-0.4, -0.2) is 65.9 Å². The molecule has 2 amide bonds. The molecule has 3 aliphatic heterocycles. The van der Waals surface area contributed by atoms with Crippen molar-refractivity contribution in [2.75, 3.05) is 6.61 Å². The number of carbonyl (C=O) groups excluding carboxylic acids is 4. The minimum absolute atomic E-state index is 0.0834. The lowest BCUT2D eigenvalue weighted by Crippen LogP contribution is -2.63. The fraction of sp³-hybridized carbons (Fsp3) is 0.444.